The highest BCUT2D eigenvalue weighted by Gasteiger charge is 2.49. The number of urea groups is 1. The van der Waals surface area contributed by atoms with Gasteiger partial charge in [-0.2, -0.15) is 0 Å². The molecule has 1 aromatic heterocycles. The molecule has 3 aromatic rings. The number of nitrogens with zero attached hydrogens (tertiary/aromatic N) is 3. The van der Waals surface area contributed by atoms with Crippen molar-refractivity contribution in [2.75, 3.05) is 34.4 Å². The van der Waals surface area contributed by atoms with Gasteiger partial charge in [-0.05, 0) is 30.5 Å². The summed E-state index contributed by atoms with van der Waals surface area (Å²) >= 11 is 0. The number of ether oxygens (including phenoxy) is 2. The number of amides is 2. The summed E-state index contributed by atoms with van der Waals surface area (Å²) in [6.45, 7) is 0.320. The van der Waals surface area contributed by atoms with Crippen LogP contribution in [-0.4, -0.2) is 71.6 Å². The number of methoxy groups -OCH3 is 2. The number of piperidine rings is 1. The Kier molecular flexibility index (Phi) is 7.27. The van der Waals surface area contributed by atoms with Gasteiger partial charge in [0.2, 0.25) is 5.89 Å². The van der Waals surface area contributed by atoms with Gasteiger partial charge in [-0.3, -0.25) is 10.0 Å². The van der Waals surface area contributed by atoms with E-state index >= 15 is 0 Å². The highest BCUT2D eigenvalue weighted by molar-refractivity contribution is 5.84. The lowest BCUT2D eigenvalue weighted by Crippen LogP contribution is -2.51. The maximum absolute atomic E-state index is 13.1. The van der Waals surface area contributed by atoms with Crippen molar-refractivity contribution in [3.8, 4) is 28.3 Å². The molecule has 2 aromatic carbocycles. The van der Waals surface area contributed by atoms with Crippen molar-refractivity contribution < 1.29 is 33.8 Å². The van der Waals surface area contributed by atoms with Gasteiger partial charge in [0, 0.05) is 31.3 Å². The zero-order chi connectivity index (χ0) is 25.9. The zero-order valence-corrected chi connectivity index (χ0v) is 20.4. The monoisotopic (exact) mass is 495 g/mol. The molecule has 4 rings (SSSR count). The fraction of sp³-hybridized carbons (Fsp3) is 0.346. The smallest absolute Gasteiger partial charge is 0.343 e. The first kappa shape index (κ1) is 25.2. The Labute approximate surface area is 208 Å². The van der Waals surface area contributed by atoms with Gasteiger partial charge in [0.1, 0.15) is 16.9 Å². The van der Waals surface area contributed by atoms with E-state index in [9.17, 15) is 19.9 Å². The molecule has 0 radical (unpaired) electrons. The van der Waals surface area contributed by atoms with Gasteiger partial charge in [0.05, 0.1) is 20.8 Å². The Balaban J connectivity index is 1.82. The molecule has 0 atom stereocenters. The van der Waals surface area contributed by atoms with Crippen molar-refractivity contribution in [2.45, 2.75) is 24.9 Å². The minimum absolute atomic E-state index is 0.0889. The molecule has 1 aliphatic rings. The Hall–Kier alpha value is -3.89. The van der Waals surface area contributed by atoms with Gasteiger partial charge < -0.3 is 23.9 Å². The van der Waals surface area contributed by atoms with E-state index < -0.39 is 17.4 Å². The minimum Gasteiger partial charge on any atom is -0.497 e. The van der Waals surface area contributed by atoms with Crippen LogP contribution in [0.4, 0.5) is 4.79 Å². The number of carbonyl (C=O) groups excluding carboxylic acids is 2. The van der Waals surface area contributed by atoms with E-state index in [0.29, 0.717) is 22.3 Å². The molecule has 0 unspecified atom stereocenters. The number of rotatable bonds is 6. The number of esters is 1. The summed E-state index contributed by atoms with van der Waals surface area (Å²) in [6, 6.07) is 14.0. The topological polar surface area (TPSA) is 126 Å². The quantitative estimate of drug-likeness (QED) is 0.303. The molecular weight excluding hydrogens is 466 g/mol. The van der Waals surface area contributed by atoms with Crippen LogP contribution < -0.4 is 4.74 Å². The summed E-state index contributed by atoms with van der Waals surface area (Å²) in [5.41, 5.74) is 1.52. The number of oxazole rings is 1. The molecule has 0 aliphatic carbocycles. The number of carbonyl (C=O) groups is 2. The molecular formula is C26H29N3O7. The molecule has 10 heteroatoms. The van der Waals surface area contributed by atoms with Crippen LogP contribution in [0.25, 0.3) is 22.6 Å². The normalized spacial score (nSPS) is 14.9. The number of hydrogen-bond acceptors (Lipinski definition) is 8. The Morgan fingerprint density at radius 1 is 1.11 bits per heavy atom. The Morgan fingerprint density at radius 3 is 2.39 bits per heavy atom. The predicted octanol–water partition coefficient (Wildman–Crippen LogP) is 3.46. The molecule has 10 nitrogen and oxygen atoms in total. The van der Waals surface area contributed by atoms with Crippen molar-refractivity contribution in [1.82, 2.24) is 14.9 Å². The largest absolute Gasteiger partial charge is 0.497 e. The van der Waals surface area contributed by atoms with E-state index in [4.69, 9.17) is 18.9 Å². The third kappa shape index (κ3) is 4.65. The number of hydroxylamine groups is 2. The molecule has 2 heterocycles. The van der Waals surface area contributed by atoms with Crippen molar-refractivity contribution >= 4 is 12.0 Å². The fourth-order valence-corrected chi connectivity index (χ4v) is 4.43. The maximum Gasteiger partial charge on any atom is 0.343 e. The Morgan fingerprint density at radius 2 is 1.81 bits per heavy atom. The second kappa shape index (κ2) is 10.4. The van der Waals surface area contributed by atoms with E-state index in [0.717, 1.165) is 16.7 Å². The highest BCUT2D eigenvalue weighted by atomic mass is 16.5. The van der Waals surface area contributed by atoms with Gasteiger partial charge in [-0.15, -0.1) is 0 Å². The van der Waals surface area contributed by atoms with Gasteiger partial charge in [-0.25, -0.2) is 14.8 Å². The van der Waals surface area contributed by atoms with E-state index in [1.54, 1.807) is 19.2 Å². The molecule has 2 amide bonds. The van der Waals surface area contributed by atoms with Crippen LogP contribution in [0.3, 0.4) is 0 Å². The molecule has 1 saturated heterocycles. The number of aliphatic hydroxyl groups excluding tert-OH is 1. The first-order chi connectivity index (χ1) is 17.3. The summed E-state index contributed by atoms with van der Waals surface area (Å²) in [6.07, 6.45) is 0.417. The van der Waals surface area contributed by atoms with Crippen LogP contribution in [-0.2, 0) is 21.6 Å². The predicted molar refractivity (Wildman–Crippen MR) is 129 cm³/mol. The Bertz CT molecular complexity index is 1230. The highest BCUT2D eigenvalue weighted by Crippen LogP contribution is 2.42. The molecule has 36 heavy (non-hydrogen) atoms. The van der Waals surface area contributed by atoms with Crippen LogP contribution in [0, 0.1) is 0 Å². The number of benzene rings is 2. The minimum atomic E-state index is -1.21. The summed E-state index contributed by atoms with van der Waals surface area (Å²) in [7, 11) is 4.14. The number of hydrogen-bond donors (Lipinski definition) is 2. The van der Waals surface area contributed by atoms with Gasteiger partial charge >= 0.3 is 12.0 Å². The van der Waals surface area contributed by atoms with Gasteiger partial charge in [0.25, 0.3) is 0 Å². The third-order valence-corrected chi connectivity index (χ3v) is 6.52. The van der Waals surface area contributed by atoms with E-state index in [1.165, 1.54) is 19.1 Å². The van der Waals surface area contributed by atoms with Crippen molar-refractivity contribution in [3.05, 3.63) is 60.0 Å². The van der Waals surface area contributed by atoms with E-state index in [2.05, 4.69) is 0 Å². The lowest BCUT2D eigenvalue weighted by molar-refractivity contribution is -0.150. The van der Waals surface area contributed by atoms with Crippen molar-refractivity contribution in [3.63, 3.8) is 0 Å². The van der Waals surface area contributed by atoms with Gasteiger partial charge in [0.15, 0.2) is 5.76 Å². The van der Waals surface area contributed by atoms with Crippen LogP contribution >= 0.6 is 0 Å². The van der Waals surface area contributed by atoms with Crippen molar-refractivity contribution in [2.24, 2.45) is 0 Å². The lowest BCUT2D eigenvalue weighted by Gasteiger charge is -2.38. The third-order valence-electron chi connectivity index (χ3n) is 6.52. The van der Waals surface area contributed by atoms with Crippen LogP contribution in [0.5, 0.6) is 5.75 Å². The molecule has 190 valence electrons. The molecule has 0 saturated carbocycles. The number of aliphatic hydroxyl groups is 1. The second-order valence-corrected chi connectivity index (χ2v) is 8.65. The van der Waals surface area contributed by atoms with Crippen molar-refractivity contribution in [1.29, 1.82) is 0 Å². The van der Waals surface area contributed by atoms with Crippen LogP contribution in [0.2, 0.25) is 0 Å². The van der Waals surface area contributed by atoms with Crippen LogP contribution in [0.15, 0.2) is 52.9 Å². The van der Waals surface area contributed by atoms with E-state index in [-0.39, 0.29) is 38.4 Å². The lowest BCUT2D eigenvalue weighted by atomic mass is 9.78. The number of aromatic nitrogens is 1. The summed E-state index contributed by atoms with van der Waals surface area (Å²) in [5, 5.41) is 19.5. The standard InChI is InChI=1S/C26H29N3O7/c1-28(33)25(32)29-13-11-26(12-14-29,24(31)35-3)23-27-21(19-5-4-6-20(15-19)34-2)22(36-23)18-9-7-17(16-30)8-10-18/h4-10,15,30,33H,11-14,16H2,1-3H3. The molecule has 0 spiro atoms. The van der Waals surface area contributed by atoms with E-state index in [1.807, 2.05) is 36.4 Å². The zero-order valence-electron chi connectivity index (χ0n) is 20.4. The second-order valence-electron chi connectivity index (χ2n) is 8.65. The summed E-state index contributed by atoms with van der Waals surface area (Å²) in [5.74, 6) is 0.784. The number of likely N-dealkylation sites (tertiary alicyclic amines) is 1. The maximum atomic E-state index is 13.1. The SMILES string of the molecule is COC(=O)C1(c2nc(-c3cccc(OC)c3)c(-c3ccc(CO)cc3)o2)CCN(C(=O)N(C)O)CC1. The van der Waals surface area contributed by atoms with Crippen LogP contribution in [0.1, 0.15) is 24.3 Å². The molecule has 1 aliphatic heterocycles. The fourth-order valence-electron chi connectivity index (χ4n) is 4.43. The molecule has 1 fully saturated rings. The molecule has 2 N–H and O–H groups in total. The summed E-state index contributed by atoms with van der Waals surface area (Å²) < 4.78 is 16.9. The average Bonchev–Trinajstić information content (AvgIpc) is 3.38. The average molecular weight is 496 g/mol. The summed E-state index contributed by atoms with van der Waals surface area (Å²) in [4.78, 5) is 31.7. The van der Waals surface area contributed by atoms with Gasteiger partial charge in [-0.1, -0.05) is 36.4 Å². The first-order valence-corrected chi connectivity index (χ1v) is 11.5. The first-order valence-electron chi connectivity index (χ1n) is 11.5. The molecule has 0 bridgehead atoms.